The van der Waals surface area contributed by atoms with E-state index in [9.17, 15) is 8.78 Å². The molecule has 7 heteroatoms. The molecule has 1 atom stereocenters. The zero-order valence-electron chi connectivity index (χ0n) is 8.49. The SMILES string of the molecule is Fc1cc(Cl)c(C(Br)c2cc(Cl)sc2Cl)cc1F. The summed E-state index contributed by atoms with van der Waals surface area (Å²) in [6.07, 6.45) is 0. The Morgan fingerprint density at radius 2 is 1.61 bits per heavy atom. The van der Waals surface area contributed by atoms with Crippen molar-refractivity contribution in [3.8, 4) is 0 Å². The minimum absolute atomic E-state index is 0.120. The highest BCUT2D eigenvalue weighted by atomic mass is 79.9. The molecule has 1 aromatic carbocycles. The molecule has 0 saturated heterocycles. The second-order valence-electron chi connectivity index (χ2n) is 3.43. The van der Waals surface area contributed by atoms with Gasteiger partial charge in [-0.3, -0.25) is 0 Å². The van der Waals surface area contributed by atoms with E-state index in [1.807, 2.05) is 0 Å². The molecule has 1 heterocycles. The molecular weight excluding hydrogens is 388 g/mol. The van der Waals surface area contributed by atoms with Gasteiger partial charge >= 0.3 is 0 Å². The highest BCUT2D eigenvalue weighted by molar-refractivity contribution is 9.09. The van der Waals surface area contributed by atoms with E-state index in [1.54, 1.807) is 6.07 Å². The van der Waals surface area contributed by atoms with Crippen molar-refractivity contribution >= 4 is 62.1 Å². The van der Waals surface area contributed by atoms with Crippen LogP contribution in [0.5, 0.6) is 0 Å². The van der Waals surface area contributed by atoms with Crippen LogP contribution >= 0.6 is 62.1 Å². The van der Waals surface area contributed by atoms with E-state index >= 15 is 0 Å². The Balaban J connectivity index is 2.49. The van der Waals surface area contributed by atoms with Crippen molar-refractivity contribution in [3.63, 3.8) is 0 Å². The molecular formula is C11H4BrCl3F2S. The number of hydrogen-bond donors (Lipinski definition) is 0. The fourth-order valence-corrected chi connectivity index (χ4v) is 4.37. The Hall–Kier alpha value is 0.130. The largest absolute Gasteiger partial charge is 0.204 e. The van der Waals surface area contributed by atoms with Crippen LogP contribution in [0.1, 0.15) is 16.0 Å². The lowest BCUT2D eigenvalue weighted by molar-refractivity contribution is 0.507. The number of rotatable bonds is 2. The molecule has 96 valence electrons. The summed E-state index contributed by atoms with van der Waals surface area (Å²) < 4.78 is 27.2. The number of alkyl halides is 1. The van der Waals surface area contributed by atoms with Crippen LogP contribution in [-0.2, 0) is 0 Å². The van der Waals surface area contributed by atoms with Crippen LogP contribution in [0.3, 0.4) is 0 Å². The van der Waals surface area contributed by atoms with Crippen LogP contribution in [0.15, 0.2) is 18.2 Å². The van der Waals surface area contributed by atoms with Crippen LogP contribution in [-0.4, -0.2) is 0 Å². The van der Waals surface area contributed by atoms with Gasteiger partial charge in [-0.2, -0.15) is 0 Å². The zero-order valence-corrected chi connectivity index (χ0v) is 13.2. The molecule has 1 unspecified atom stereocenters. The maximum Gasteiger partial charge on any atom is 0.160 e. The molecule has 0 radical (unpaired) electrons. The highest BCUT2D eigenvalue weighted by Gasteiger charge is 2.21. The van der Waals surface area contributed by atoms with Crippen molar-refractivity contribution in [2.45, 2.75) is 4.83 Å². The van der Waals surface area contributed by atoms with Gasteiger partial charge < -0.3 is 0 Å². The molecule has 0 aliphatic heterocycles. The first-order chi connectivity index (χ1) is 8.40. The third-order valence-electron chi connectivity index (χ3n) is 2.27. The monoisotopic (exact) mass is 390 g/mol. The quantitative estimate of drug-likeness (QED) is 0.406. The molecule has 2 rings (SSSR count). The normalized spacial score (nSPS) is 12.8. The maximum atomic E-state index is 13.2. The third-order valence-corrected chi connectivity index (χ3v) is 5.10. The van der Waals surface area contributed by atoms with Crippen molar-refractivity contribution in [2.75, 3.05) is 0 Å². The smallest absolute Gasteiger partial charge is 0.160 e. The summed E-state index contributed by atoms with van der Waals surface area (Å²) in [5.41, 5.74) is 1.06. The molecule has 0 amide bonds. The summed E-state index contributed by atoms with van der Waals surface area (Å²) in [6, 6.07) is 3.63. The van der Waals surface area contributed by atoms with E-state index in [2.05, 4.69) is 15.9 Å². The molecule has 0 spiro atoms. The molecule has 18 heavy (non-hydrogen) atoms. The van der Waals surface area contributed by atoms with Crippen LogP contribution in [0.4, 0.5) is 8.78 Å². The van der Waals surface area contributed by atoms with Crippen molar-refractivity contribution in [1.82, 2.24) is 0 Å². The minimum atomic E-state index is -0.988. The first-order valence-electron chi connectivity index (χ1n) is 4.63. The Kier molecular flexibility index (Phi) is 4.55. The van der Waals surface area contributed by atoms with Gasteiger partial charge in [0.15, 0.2) is 11.6 Å². The summed E-state index contributed by atoms with van der Waals surface area (Å²) in [5.74, 6) is -1.95. The van der Waals surface area contributed by atoms with E-state index < -0.39 is 16.5 Å². The maximum absolute atomic E-state index is 13.2. The summed E-state index contributed by atoms with van der Waals surface area (Å²) in [4.78, 5) is -0.448. The first-order valence-corrected chi connectivity index (χ1v) is 7.50. The third kappa shape index (κ3) is 2.83. The molecule has 1 aromatic heterocycles. The van der Waals surface area contributed by atoms with Gasteiger partial charge in [0, 0.05) is 10.6 Å². The molecule has 0 aliphatic rings. The number of benzene rings is 1. The Bertz CT molecular complexity index is 600. The predicted octanol–water partition coefficient (Wildman–Crippen LogP) is 6.47. The molecule has 0 nitrogen and oxygen atoms in total. The summed E-state index contributed by atoms with van der Waals surface area (Å²) in [5, 5.41) is 0.120. The summed E-state index contributed by atoms with van der Waals surface area (Å²) in [7, 11) is 0. The summed E-state index contributed by atoms with van der Waals surface area (Å²) >= 11 is 22.3. The van der Waals surface area contributed by atoms with E-state index in [1.165, 1.54) is 11.3 Å². The molecule has 0 saturated carbocycles. The predicted molar refractivity (Wildman–Crippen MR) is 76.5 cm³/mol. The van der Waals surface area contributed by atoms with Gasteiger partial charge in [-0.15, -0.1) is 11.3 Å². The first kappa shape index (κ1) is 14.5. The van der Waals surface area contributed by atoms with E-state index in [-0.39, 0.29) is 5.02 Å². The van der Waals surface area contributed by atoms with Gasteiger partial charge in [-0.05, 0) is 23.8 Å². The zero-order chi connectivity index (χ0) is 13.4. The molecule has 0 bridgehead atoms. The van der Waals surface area contributed by atoms with Crippen LogP contribution in [0, 0.1) is 11.6 Å². The minimum Gasteiger partial charge on any atom is -0.204 e. The average Bonchev–Trinajstić information content (AvgIpc) is 2.62. The summed E-state index contributed by atoms with van der Waals surface area (Å²) in [6.45, 7) is 0. The van der Waals surface area contributed by atoms with Crippen LogP contribution in [0.2, 0.25) is 13.7 Å². The topological polar surface area (TPSA) is 0 Å². The average molecular weight is 392 g/mol. The van der Waals surface area contributed by atoms with E-state index in [0.717, 1.165) is 12.1 Å². The Morgan fingerprint density at radius 3 is 2.17 bits per heavy atom. The second-order valence-corrected chi connectivity index (χ2v) is 7.04. The van der Waals surface area contributed by atoms with Crippen molar-refractivity contribution < 1.29 is 8.78 Å². The molecule has 2 aromatic rings. The standard InChI is InChI=1S/C11H4BrCl3F2S/c12-10(5-2-9(14)18-11(5)15)4-1-7(16)8(17)3-6(4)13/h1-3,10H. The van der Waals surface area contributed by atoms with E-state index in [4.69, 9.17) is 34.8 Å². The lowest BCUT2D eigenvalue weighted by atomic mass is 10.1. The molecule has 0 aliphatic carbocycles. The lowest BCUT2D eigenvalue weighted by Crippen LogP contribution is -1.96. The lowest BCUT2D eigenvalue weighted by Gasteiger charge is -2.12. The van der Waals surface area contributed by atoms with Crippen molar-refractivity contribution in [3.05, 3.63) is 54.7 Å². The van der Waals surface area contributed by atoms with Gasteiger partial charge in [-0.1, -0.05) is 50.7 Å². The highest BCUT2D eigenvalue weighted by Crippen LogP contribution is 2.43. The van der Waals surface area contributed by atoms with Gasteiger partial charge in [0.05, 0.1) is 13.5 Å². The van der Waals surface area contributed by atoms with Crippen LogP contribution in [0.25, 0.3) is 0 Å². The van der Waals surface area contributed by atoms with Gasteiger partial charge in [0.25, 0.3) is 0 Å². The Labute approximate surface area is 130 Å². The van der Waals surface area contributed by atoms with Gasteiger partial charge in [0.1, 0.15) is 0 Å². The molecule has 0 fully saturated rings. The number of hydrogen-bond acceptors (Lipinski definition) is 1. The van der Waals surface area contributed by atoms with Crippen molar-refractivity contribution in [2.24, 2.45) is 0 Å². The molecule has 0 N–H and O–H groups in total. The number of halogens is 6. The van der Waals surface area contributed by atoms with E-state index in [0.29, 0.717) is 19.8 Å². The van der Waals surface area contributed by atoms with Gasteiger partial charge in [-0.25, -0.2) is 8.78 Å². The number of thiophene rings is 1. The van der Waals surface area contributed by atoms with Crippen molar-refractivity contribution in [1.29, 1.82) is 0 Å². The fourth-order valence-electron chi connectivity index (χ4n) is 1.43. The van der Waals surface area contributed by atoms with Crippen LogP contribution < -0.4 is 0 Å². The van der Waals surface area contributed by atoms with Gasteiger partial charge in [0.2, 0.25) is 0 Å². The second kappa shape index (κ2) is 5.63. The Morgan fingerprint density at radius 1 is 1.00 bits per heavy atom. The fraction of sp³-hybridized carbons (Fsp3) is 0.0909.